The van der Waals surface area contributed by atoms with E-state index in [-0.39, 0.29) is 37.0 Å². The first-order valence-electron chi connectivity index (χ1n) is 12.5. The van der Waals surface area contributed by atoms with Gasteiger partial charge in [-0.15, -0.1) is 13.2 Å². The molecule has 2 aliphatic rings. The second-order valence-corrected chi connectivity index (χ2v) is 10.0. The van der Waals surface area contributed by atoms with E-state index >= 15 is 0 Å². The molecule has 206 valence electrons. The molecule has 0 bridgehead atoms. The van der Waals surface area contributed by atoms with Gasteiger partial charge in [0.15, 0.2) is 0 Å². The van der Waals surface area contributed by atoms with Gasteiger partial charge in [-0.05, 0) is 68.4 Å². The zero-order chi connectivity index (χ0) is 27.3. The zero-order valence-electron chi connectivity index (χ0n) is 21.2. The largest absolute Gasteiger partial charge is 0.573 e. The van der Waals surface area contributed by atoms with Crippen LogP contribution >= 0.6 is 0 Å². The predicted molar refractivity (Wildman–Crippen MR) is 131 cm³/mol. The number of piperidine rings is 1. The Morgan fingerprint density at radius 1 is 0.895 bits per heavy atom. The van der Waals surface area contributed by atoms with Crippen LogP contribution in [0.25, 0.3) is 0 Å². The Hall–Kier alpha value is -3.34. The summed E-state index contributed by atoms with van der Waals surface area (Å²) in [6, 6.07) is 10.4. The first-order valence-corrected chi connectivity index (χ1v) is 12.5. The van der Waals surface area contributed by atoms with Crippen LogP contribution in [0, 0.1) is 11.2 Å². The number of likely N-dealkylation sites (tertiary alicyclic amines) is 1. The summed E-state index contributed by atoms with van der Waals surface area (Å²) in [5.41, 5.74) is -0.456. The SMILES string of the molecule is CN1CCN(C(=O)C[C@@]2(COc3ccc(F)cc3)CCCN(C(=O)c3ccc(OC(F)(F)F)cc3)C2)CC1. The molecule has 0 spiro atoms. The van der Waals surface area contributed by atoms with Crippen molar-refractivity contribution in [2.75, 3.05) is 52.9 Å². The van der Waals surface area contributed by atoms with Crippen LogP contribution in [0.5, 0.6) is 11.5 Å². The highest BCUT2D eigenvalue weighted by Crippen LogP contribution is 2.36. The lowest BCUT2D eigenvalue weighted by Crippen LogP contribution is -2.53. The highest BCUT2D eigenvalue weighted by molar-refractivity contribution is 5.94. The molecule has 2 amide bonds. The summed E-state index contributed by atoms with van der Waals surface area (Å²) in [5, 5.41) is 0. The Labute approximate surface area is 218 Å². The summed E-state index contributed by atoms with van der Waals surface area (Å²) in [6.07, 6.45) is -3.36. The van der Waals surface area contributed by atoms with E-state index in [2.05, 4.69) is 9.64 Å². The number of amides is 2. The van der Waals surface area contributed by atoms with Crippen LogP contribution in [0.3, 0.4) is 0 Å². The lowest BCUT2D eigenvalue weighted by molar-refractivity contribution is -0.274. The fourth-order valence-electron chi connectivity index (χ4n) is 4.93. The van der Waals surface area contributed by atoms with Crippen molar-refractivity contribution in [3.05, 3.63) is 59.9 Å². The lowest BCUT2D eigenvalue weighted by atomic mass is 9.77. The number of likely N-dealkylation sites (N-methyl/N-ethyl adjacent to an activating group) is 1. The number of benzene rings is 2. The minimum atomic E-state index is -4.82. The average molecular weight is 538 g/mol. The van der Waals surface area contributed by atoms with Crippen molar-refractivity contribution in [2.45, 2.75) is 25.6 Å². The van der Waals surface area contributed by atoms with Crippen LogP contribution in [-0.2, 0) is 4.79 Å². The Kier molecular flexibility index (Phi) is 8.44. The third-order valence-electron chi connectivity index (χ3n) is 7.02. The normalized spacial score (nSPS) is 20.8. The molecule has 2 aromatic rings. The number of ether oxygens (including phenoxy) is 2. The fourth-order valence-corrected chi connectivity index (χ4v) is 4.93. The summed E-state index contributed by atoms with van der Waals surface area (Å²) in [4.78, 5) is 32.2. The number of halogens is 4. The summed E-state index contributed by atoms with van der Waals surface area (Å²) >= 11 is 0. The molecular formula is C27H31F4N3O4. The Morgan fingerprint density at radius 3 is 2.16 bits per heavy atom. The summed E-state index contributed by atoms with van der Waals surface area (Å²) < 4.78 is 60.7. The molecule has 1 atom stereocenters. The van der Waals surface area contributed by atoms with E-state index in [9.17, 15) is 27.2 Å². The summed E-state index contributed by atoms with van der Waals surface area (Å²) in [6.45, 7) is 3.65. The highest BCUT2D eigenvalue weighted by atomic mass is 19.4. The molecule has 2 fully saturated rings. The highest BCUT2D eigenvalue weighted by Gasteiger charge is 2.41. The molecule has 4 rings (SSSR count). The van der Waals surface area contributed by atoms with Crippen molar-refractivity contribution in [3.8, 4) is 11.5 Å². The minimum Gasteiger partial charge on any atom is -0.493 e. The van der Waals surface area contributed by atoms with Crippen molar-refractivity contribution in [1.82, 2.24) is 14.7 Å². The van der Waals surface area contributed by atoms with Crippen molar-refractivity contribution < 1.29 is 36.6 Å². The van der Waals surface area contributed by atoms with Crippen LogP contribution in [0.15, 0.2) is 48.5 Å². The smallest absolute Gasteiger partial charge is 0.493 e. The van der Waals surface area contributed by atoms with Crippen LogP contribution in [-0.4, -0.2) is 85.8 Å². The van der Waals surface area contributed by atoms with E-state index in [0.29, 0.717) is 38.2 Å². The third kappa shape index (κ3) is 7.37. The maximum atomic E-state index is 13.4. The molecule has 0 N–H and O–H groups in total. The molecule has 2 heterocycles. The number of hydrogen-bond donors (Lipinski definition) is 0. The first kappa shape index (κ1) is 27.7. The lowest BCUT2D eigenvalue weighted by Gasteiger charge is -2.43. The number of carbonyl (C=O) groups is 2. The Bertz CT molecular complexity index is 1100. The third-order valence-corrected chi connectivity index (χ3v) is 7.02. The van der Waals surface area contributed by atoms with E-state index in [1.807, 2.05) is 11.9 Å². The number of carbonyl (C=O) groups excluding carboxylic acids is 2. The number of nitrogens with zero attached hydrogens (tertiary/aromatic N) is 3. The Balaban J connectivity index is 1.50. The average Bonchev–Trinajstić information content (AvgIpc) is 2.88. The van der Waals surface area contributed by atoms with Gasteiger partial charge in [0.25, 0.3) is 5.91 Å². The number of hydrogen-bond acceptors (Lipinski definition) is 5. The van der Waals surface area contributed by atoms with Crippen molar-refractivity contribution in [3.63, 3.8) is 0 Å². The molecule has 2 aliphatic heterocycles. The molecule has 2 saturated heterocycles. The molecule has 0 aromatic heterocycles. The number of rotatable bonds is 7. The molecule has 0 unspecified atom stereocenters. The van der Waals surface area contributed by atoms with Gasteiger partial charge in [-0.2, -0.15) is 0 Å². The number of alkyl halides is 3. The van der Waals surface area contributed by atoms with E-state index in [4.69, 9.17) is 4.74 Å². The standard InChI is InChI=1S/C27H31F4N3O4/c1-32-13-15-33(16-14-32)24(35)17-26(19-37-22-9-5-21(28)6-10-22)11-2-12-34(18-26)25(36)20-3-7-23(8-4-20)38-27(29,30)31/h3-10H,2,11-19H2,1H3/t26-/m0/s1. The van der Waals surface area contributed by atoms with Gasteiger partial charge in [0.1, 0.15) is 17.3 Å². The van der Waals surface area contributed by atoms with E-state index in [1.54, 1.807) is 4.90 Å². The molecule has 0 radical (unpaired) electrons. The van der Waals surface area contributed by atoms with Crippen LogP contribution in [0.1, 0.15) is 29.6 Å². The van der Waals surface area contributed by atoms with Gasteiger partial charge in [-0.3, -0.25) is 9.59 Å². The monoisotopic (exact) mass is 537 g/mol. The molecule has 0 aliphatic carbocycles. The first-order chi connectivity index (χ1) is 18.0. The molecule has 2 aromatic carbocycles. The van der Waals surface area contributed by atoms with Crippen LogP contribution < -0.4 is 9.47 Å². The van der Waals surface area contributed by atoms with Gasteiger partial charge < -0.3 is 24.2 Å². The van der Waals surface area contributed by atoms with Crippen molar-refractivity contribution >= 4 is 11.8 Å². The van der Waals surface area contributed by atoms with E-state index in [1.165, 1.54) is 36.4 Å². The Morgan fingerprint density at radius 2 is 1.53 bits per heavy atom. The van der Waals surface area contributed by atoms with Gasteiger partial charge >= 0.3 is 6.36 Å². The quantitative estimate of drug-likeness (QED) is 0.496. The van der Waals surface area contributed by atoms with Crippen LogP contribution in [0.2, 0.25) is 0 Å². The number of piperazine rings is 1. The molecule has 11 heteroatoms. The van der Waals surface area contributed by atoms with E-state index < -0.39 is 23.3 Å². The summed E-state index contributed by atoms with van der Waals surface area (Å²) in [7, 11) is 2.01. The van der Waals surface area contributed by atoms with Crippen molar-refractivity contribution in [1.29, 1.82) is 0 Å². The van der Waals surface area contributed by atoms with Crippen molar-refractivity contribution in [2.24, 2.45) is 5.41 Å². The van der Waals surface area contributed by atoms with Gasteiger partial charge in [-0.25, -0.2) is 4.39 Å². The zero-order valence-corrected chi connectivity index (χ0v) is 21.2. The predicted octanol–water partition coefficient (Wildman–Crippen LogP) is 4.19. The maximum absolute atomic E-state index is 13.4. The van der Waals surface area contributed by atoms with Gasteiger partial charge in [-0.1, -0.05) is 0 Å². The van der Waals surface area contributed by atoms with Gasteiger partial charge in [0, 0.05) is 56.7 Å². The topological polar surface area (TPSA) is 62.3 Å². The summed E-state index contributed by atoms with van der Waals surface area (Å²) in [5.74, 6) is -0.697. The molecular weight excluding hydrogens is 506 g/mol. The van der Waals surface area contributed by atoms with E-state index in [0.717, 1.165) is 25.2 Å². The maximum Gasteiger partial charge on any atom is 0.573 e. The van der Waals surface area contributed by atoms with Gasteiger partial charge in [0.2, 0.25) is 5.91 Å². The van der Waals surface area contributed by atoms with Gasteiger partial charge in [0.05, 0.1) is 6.61 Å². The molecule has 38 heavy (non-hydrogen) atoms. The second kappa shape index (κ2) is 11.6. The van der Waals surface area contributed by atoms with Crippen LogP contribution in [0.4, 0.5) is 17.6 Å². The molecule has 7 nitrogen and oxygen atoms in total. The second-order valence-electron chi connectivity index (χ2n) is 10.0. The molecule has 0 saturated carbocycles. The minimum absolute atomic E-state index is 0.0104. The fraction of sp³-hybridized carbons (Fsp3) is 0.481.